The number of nitrogens with zero attached hydrogens (tertiary/aromatic N) is 1. The van der Waals surface area contributed by atoms with Gasteiger partial charge in [0, 0.05) is 24.3 Å². The topological polar surface area (TPSA) is 64.2 Å². The first-order valence-corrected chi connectivity index (χ1v) is 7.19. The quantitative estimate of drug-likeness (QED) is 0.845. The molecule has 1 aliphatic carbocycles. The van der Waals surface area contributed by atoms with Crippen molar-refractivity contribution in [2.24, 2.45) is 0 Å². The Hall–Kier alpha value is -1.36. The van der Waals surface area contributed by atoms with E-state index in [1.807, 2.05) is 0 Å². The van der Waals surface area contributed by atoms with Crippen molar-refractivity contribution < 1.29 is 14.3 Å². The molecule has 1 N–H and O–H groups in total. The van der Waals surface area contributed by atoms with Gasteiger partial charge in [-0.1, -0.05) is 0 Å². The molecule has 1 atom stereocenters. The summed E-state index contributed by atoms with van der Waals surface area (Å²) in [5, 5.41) is 7.08. The Balaban J connectivity index is 1.53. The number of aryl methyl sites for hydroxylation is 1. The predicted octanol–water partition coefficient (Wildman–Crippen LogP) is 2.01. The average molecular weight is 264 g/mol. The maximum absolute atomic E-state index is 12.0. The summed E-state index contributed by atoms with van der Waals surface area (Å²) >= 11 is 0. The van der Waals surface area contributed by atoms with Crippen molar-refractivity contribution in [1.29, 1.82) is 0 Å². The van der Waals surface area contributed by atoms with Crippen molar-refractivity contribution in [2.75, 3.05) is 13.2 Å². The van der Waals surface area contributed by atoms with Crippen LogP contribution in [0.5, 0.6) is 0 Å². The number of aromatic nitrogens is 2. The van der Waals surface area contributed by atoms with Gasteiger partial charge in [0.15, 0.2) is 5.69 Å². The van der Waals surface area contributed by atoms with Crippen LogP contribution in [-0.2, 0) is 22.3 Å². The van der Waals surface area contributed by atoms with Gasteiger partial charge in [0.1, 0.15) is 0 Å². The number of hydrogen-bond donors (Lipinski definition) is 1. The van der Waals surface area contributed by atoms with E-state index in [-0.39, 0.29) is 12.1 Å². The van der Waals surface area contributed by atoms with Crippen molar-refractivity contribution >= 4 is 5.97 Å². The summed E-state index contributed by atoms with van der Waals surface area (Å²) in [7, 11) is 0. The van der Waals surface area contributed by atoms with E-state index < -0.39 is 0 Å². The number of esters is 1. The molecule has 0 aromatic carbocycles. The lowest BCUT2D eigenvalue weighted by Gasteiger charge is -2.11. The van der Waals surface area contributed by atoms with E-state index in [2.05, 4.69) is 10.2 Å². The lowest BCUT2D eigenvalue weighted by Crippen LogP contribution is -2.15. The number of carbonyl (C=O) groups excluding carboxylic acids is 1. The number of nitrogens with one attached hydrogen (secondary N) is 1. The van der Waals surface area contributed by atoms with E-state index in [0.29, 0.717) is 12.3 Å². The molecule has 1 aromatic heterocycles. The van der Waals surface area contributed by atoms with Crippen molar-refractivity contribution in [3.05, 3.63) is 17.0 Å². The maximum Gasteiger partial charge on any atom is 0.359 e. The van der Waals surface area contributed by atoms with Crippen molar-refractivity contribution in [2.45, 2.75) is 51.0 Å². The summed E-state index contributed by atoms with van der Waals surface area (Å²) in [6.45, 7) is 1.26. The van der Waals surface area contributed by atoms with Crippen LogP contribution in [-0.4, -0.2) is 35.5 Å². The normalized spacial score (nSPS) is 22.2. The Bertz CT molecular complexity index is 450. The third-order valence-corrected chi connectivity index (χ3v) is 3.95. The predicted molar refractivity (Wildman–Crippen MR) is 69.1 cm³/mol. The van der Waals surface area contributed by atoms with Gasteiger partial charge < -0.3 is 9.47 Å². The summed E-state index contributed by atoms with van der Waals surface area (Å²) in [4.78, 5) is 12.0. The maximum atomic E-state index is 12.0. The summed E-state index contributed by atoms with van der Waals surface area (Å²) in [6.07, 6.45) is 7.47. The molecule has 1 saturated heterocycles. The molecular weight excluding hydrogens is 244 g/mol. The van der Waals surface area contributed by atoms with Crippen LogP contribution in [0.15, 0.2) is 0 Å². The van der Waals surface area contributed by atoms with Gasteiger partial charge in [0.25, 0.3) is 0 Å². The average Bonchev–Trinajstić information content (AvgIpc) is 3.07. The number of H-pyrrole nitrogens is 1. The molecule has 0 radical (unpaired) electrons. The molecule has 0 amide bonds. The van der Waals surface area contributed by atoms with Gasteiger partial charge in [-0.15, -0.1) is 0 Å². The smallest absolute Gasteiger partial charge is 0.359 e. The highest BCUT2D eigenvalue weighted by molar-refractivity contribution is 5.89. The molecule has 1 aromatic rings. The SMILES string of the molecule is O=C(OCC[C@@H]1CCCO1)c1n[nH]c2c1CCCC2. The van der Waals surface area contributed by atoms with E-state index in [1.54, 1.807) is 0 Å². The second-order valence-electron chi connectivity index (χ2n) is 5.30. The fourth-order valence-corrected chi connectivity index (χ4v) is 2.87. The zero-order chi connectivity index (χ0) is 13.1. The first kappa shape index (κ1) is 12.7. The van der Waals surface area contributed by atoms with Gasteiger partial charge in [-0.2, -0.15) is 5.10 Å². The second kappa shape index (κ2) is 5.74. The number of ether oxygens (including phenoxy) is 2. The lowest BCUT2D eigenvalue weighted by molar-refractivity contribution is 0.0379. The van der Waals surface area contributed by atoms with Crippen LogP contribution < -0.4 is 0 Å². The molecule has 0 saturated carbocycles. The highest BCUT2D eigenvalue weighted by atomic mass is 16.5. The molecular formula is C14H20N2O3. The zero-order valence-electron chi connectivity index (χ0n) is 11.1. The minimum atomic E-state index is -0.294. The number of rotatable bonds is 4. The van der Waals surface area contributed by atoms with Crippen LogP contribution in [0.2, 0.25) is 0 Å². The summed E-state index contributed by atoms with van der Waals surface area (Å²) < 4.78 is 10.8. The number of hydrogen-bond acceptors (Lipinski definition) is 4. The first-order chi connectivity index (χ1) is 9.34. The van der Waals surface area contributed by atoms with Gasteiger partial charge >= 0.3 is 5.97 Å². The van der Waals surface area contributed by atoms with Crippen LogP contribution >= 0.6 is 0 Å². The van der Waals surface area contributed by atoms with Crippen molar-refractivity contribution in [1.82, 2.24) is 10.2 Å². The van der Waals surface area contributed by atoms with Crippen LogP contribution in [0.3, 0.4) is 0 Å². The first-order valence-electron chi connectivity index (χ1n) is 7.19. The molecule has 5 nitrogen and oxygen atoms in total. The second-order valence-corrected chi connectivity index (χ2v) is 5.30. The molecule has 104 valence electrons. The Labute approximate surface area is 112 Å². The van der Waals surface area contributed by atoms with Crippen LogP contribution in [0.1, 0.15) is 53.8 Å². The van der Waals surface area contributed by atoms with Crippen LogP contribution in [0.25, 0.3) is 0 Å². The molecule has 2 aliphatic rings. The third kappa shape index (κ3) is 2.81. The molecule has 19 heavy (non-hydrogen) atoms. The van der Waals surface area contributed by atoms with Gasteiger partial charge in [0.05, 0.1) is 12.7 Å². The Morgan fingerprint density at radius 2 is 2.26 bits per heavy atom. The molecule has 1 aliphatic heterocycles. The summed E-state index contributed by atoms with van der Waals surface area (Å²) in [5.41, 5.74) is 2.66. The third-order valence-electron chi connectivity index (χ3n) is 3.95. The van der Waals surface area contributed by atoms with Gasteiger partial charge in [-0.25, -0.2) is 4.79 Å². The lowest BCUT2D eigenvalue weighted by atomic mass is 9.96. The monoisotopic (exact) mass is 264 g/mol. The van der Waals surface area contributed by atoms with Gasteiger partial charge in [-0.05, 0) is 38.5 Å². The van der Waals surface area contributed by atoms with Gasteiger partial charge in [-0.3, -0.25) is 5.10 Å². The zero-order valence-corrected chi connectivity index (χ0v) is 11.1. The highest BCUT2D eigenvalue weighted by Gasteiger charge is 2.23. The molecule has 2 heterocycles. The molecule has 3 rings (SSSR count). The standard InChI is InChI=1S/C14H20N2O3/c17-14(19-9-7-10-4-3-8-18-10)13-11-5-1-2-6-12(11)15-16-13/h10H,1-9H2,(H,15,16)/t10-/m0/s1. The van der Waals surface area contributed by atoms with E-state index >= 15 is 0 Å². The van der Waals surface area contributed by atoms with E-state index in [4.69, 9.17) is 9.47 Å². The van der Waals surface area contributed by atoms with Crippen LogP contribution in [0.4, 0.5) is 0 Å². The van der Waals surface area contributed by atoms with E-state index in [1.165, 1.54) is 6.42 Å². The summed E-state index contributed by atoms with van der Waals surface area (Å²) in [5.74, 6) is -0.294. The molecule has 0 spiro atoms. The Morgan fingerprint density at radius 1 is 1.37 bits per heavy atom. The molecule has 5 heteroatoms. The fraction of sp³-hybridized carbons (Fsp3) is 0.714. The minimum absolute atomic E-state index is 0.265. The molecule has 0 bridgehead atoms. The Morgan fingerprint density at radius 3 is 3.11 bits per heavy atom. The van der Waals surface area contributed by atoms with Crippen molar-refractivity contribution in [3.8, 4) is 0 Å². The number of aromatic amines is 1. The Kier molecular flexibility index (Phi) is 3.82. The molecule has 1 fully saturated rings. The van der Waals surface area contributed by atoms with E-state index in [9.17, 15) is 4.79 Å². The number of carbonyl (C=O) groups is 1. The van der Waals surface area contributed by atoms with E-state index in [0.717, 1.165) is 56.4 Å². The highest BCUT2D eigenvalue weighted by Crippen LogP contribution is 2.22. The largest absolute Gasteiger partial charge is 0.461 e. The fourth-order valence-electron chi connectivity index (χ4n) is 2.87. The van der Waals surface area contributed by atoms with Gasteiger partial charge in [0.2, 0.25) is 0 Å². The summed E-state index contributed by atoms with van der Waals surface area (Å²) in [6, 6.07) is 0. The molecule has 0 unspecified atom stereocenters. The number of fused-ring (bicyclic) bond motifs is 1. The minimum Gasteiger partial charge on any atom is -0.461 e. The van der Waals surface area contributed by atoms with Crippen LogP contribution in [0, 0.1) is 0 Å². The van der Waals surface area contributed by atoms with Crippen molar-refractivity contribution in [3.63, 3.8) is 0 Å².